The van der Waals surface area contributed by atoms with Crippen LogP contribution in [-0.4, -0.2) is 23.9 Å². The summed E-state index contributed by atoms with van der Waals surface area (Å²) in [6, 6.07) is 2.64. The van der Waals surface area contributed by atoms with Gasteiger partial charge in [0.05, 0.1) is 11.9 Å². The van der Waals surface area contributed by atoms with Gasteiger partial charge in [0.1, 0.15) is 5.75 Å². The molecule has 0 aliphatic heterocycles. The Balaban J connectivity index is 2.59. The largest absolute Gasteiger partial charge is 0.485 e. The van der Waals surface area contributed by atoms with E-state index < -0.39 is 19.0 Å². The molecule has 0 unspecified atom stereocenters. The summed E-state index contributed by atoms with van der Waals surface area (Å²) in [6.45, 7) is 0.492. The Kier molecular flexibility index (Phi) is 4.89. The fourth-order valence-corrected chi connectivity index (χ4v) is 1.15. The molecule has 0 spiro atoms. The smallest absolute Gasteiger partial charge is 0.340 e. The molecule has 1 aromatic heterocycles. The lowest BCUT2D eigenvalue weighted by Gasteiger charge is -2.16. The van der Waals surface area contributed by atoms with Crippen LogP contribution in [0.25, 0.3) is 0 Å². The average molecular weight is 266 g/mol. The maximum absolute atomic E-state index is 12.6. The molecule has 0 aromatic carbocycles. The number of pyridine rings is 1. The highest BCUT2D eigenvalue weighted by atomic mass is 19.3. The zero-order valence-electron chi connectivity index (χ0n) is 9.75. The van der Waals surface area contributed by atoms with E-state index in [1.54, 1.807) is 0 Å². The highest BCUT2D eigenvalue weighted by Crippen LogP contribution is 2.24. The van der Waals surface area contributed by atoms with Gasteiger partial charge in [-0.05, 0) is 18.6 Å². The normalized spacial score (nSPS) is 13.7. The van der Waals surface area contributed by atoms with Gasteiger partial charge in [0, 0.05) is 6.04 Å². The number of rotatable bonds is 6. The van der Waals surface area contributed by atoms with Crippen LogP contribution < -0.4 is 10.5 Å². The van der Waals surface area contributed by atoms with Crippen molar-refractivity contribution in [1.29, 1.82) is 0 Å². The molecule has 0 fully saturated rings. The first-order valence-electron chi connectivity index (χ1n) is 5.37. The number of alkyl halides is 4. The van der Waals surface area contributed by atoms with E-state index in [1.165, 1.54) is 18.3 Å². The summed E-state index contributed by atoms with van der Waals surface area (Å²) >= 11 is 0. The third kappa shape index (κ3) is 3.83. The number of nitrogens with zero attached hydrogens (tertiary/aromatic N) is 1. The van der Waals surface area contributed by atoms with E-state index in [0.29, 0.717) is 12.1 Å². The summed E-state index contributed by atoms with van der Waals surface area (Å²) in [5, 5.41) is 0. The third-order valence-electron chi connectivity index (χ3n) is 2.33. The van der Waals surface area contributed by atoms with Crippen LogP contribution in [0, 0.1) is 0 Å². The first kappa shape index (κ1) is 14.7. The number of aromatic nitrogens is 1. The first-order chi connectivity index (χ1) is 8.36. The van der Waals surface area contributed by atoms with Crippen LogP contribution in [0.1, 0.15) is 25.1 Å². The van der Waals surface area contributed by atoms with E-state index >= 15 is 0 Å². The van der Waals surface area contributed by atoms with Crippen molar-refractivity contribution in [3.8, 4) is 5.75 Å². The van der Waals surface area contributed by atoms with Crippen molar-refractivity contribution in [1.82, 2.24) is 4.98 Å². The quantitative estimate of drug-likeness (QED) is 0.805. The van der Waals surface area contributed by atoms with Gasteiger partial charge in [0.15, 0.2) is 6.61 Å². The van der Waals surface area contributed by atoms with Gasteiger partial charge in [-0.25, -0.2) is 8.78 Å². The molecule has 102 valence electrons. The molecule has 1 rings (SSSR count). The van der Waals surface area contributed by atoms with Gasteiger partial charge in [0.2, 0.25) is 0 Å². The van der Waals surface area contributed by atoms with Gasteiger partial charge in [-0.1, -0.05) is 6.92 Å². The Labute approximate surface area is 102 Å². The van der Waals surface area contributed by atoms with Gasteiger partial charge >= 0.3 is 12.3 Å². The van der Waals surface area contributed by atoms with Gasteiger partial charge in [-0.2, -0.15) is 8.78 Å². The second kappa shape index (κ2) is 5.99. The summed E-state index contributed by atoms with van der Waals surface area (Å²) in [5.74, 6) is -4.17. The van der Waals surface area contributed by atoms with Crippen LogP contribution in [0.4, 0.5) is 17.6 Å². The summed E-state index contributed by atoms with van der Waals surface area (Å²) in [6.07, 6.45) is -1.89. The Hall–Kier alpha value is -1.37. The topological polar surface area (TPSA) is 48.1 Å². The minimum atomic E-state index is -4.17. The van der Waals surface area contributed by atoms with Crippen LogP contribution in [0.3, 0.4) is 0 Å². The van der Waals surface area contributed by atoms with Crippen LogP contribution in [0.2, 0.25) is 0 Å². The molecule has 2 N–H and O–H groups in total. The van der Waals surface area contributed by atoms with Crippen molar-refractivity contribution in [3.05, 3.63) is 24.0 Å². The summed E-state index contributed by atoms with van der Waals surface area (Å²) in [4.78, 5) is 3.91. The second-order valence-electron chi connectivity index (χ2n) is 3.78. The van der Waals surface area contributed by atoms with Crippen LogP contribution in [-0.2, 0) is 0 Å². The van der Waals surface area contributed by atoms with Crippen molar-refractivity contribution < 1.29 is 22.3 Å². The molecule has 0 aliphatic carbocycles. The number of ether oxygens (including phenoxy) is 1. The molecule has 18 heavy (non-hydrogen) atoms. The molecule has 0 bridgehead atoms. The number of hydrogen-bond donors (Lipinski definition) is 1. The minimum absolute atomic E-state index is 0.00220. The number of hydrogen-bond acceptors (Lipinski definition) is 3. The van der Waals surface area contributed by atoms with E-state index in [2.05, 4.69) is 9.72 Å². The summed E-state index contributed by atoms with van der Waals surface area (Å²) in [7, 11) is 0. The monoisotopic (exact) mass is 266 g/mol. The standard InChI is InChI=1S/C11H14F4N2O/c1-2-8(16)9-4-3-7(5-17-9)18-6-11(14,15)10(12)13/h3-5,8,10H,2,6,16H2,1H3/t8-/m1/s1. The highest BCUT2D eigenvalue weighted by molar-refractivity contribution is 5.21. The fourth-order valence-electron chi connectivity index (χ4n) is 1.15. The Morgan fingerprint density at radius 2 is 2.06 bits per heavy atom. The van der Waals surface area contributed by atoms with Crippen LogP contribution in [0.15, 0.2) is 18.3 Å². The average Bonchev–Trinajstić information content (AvgIpc) is 2.36. The zero-order valence-corrected chi connectivity index (χ0v) is 9.75. The number of nitrogens with two attached hydrogens (primary N) is 1. The predicted octanol–water partition coefficient (Wildman–Crippen LogP) is 2.77. The fraction of sp³-hybridized carbons (Fsp3) is 0.545. The summed E-state index contributed by atoms with van der Waals surface area (Å²) < 4.78 is 53.5. The maximum Gasteiger partial charge on any atom is 0.340 e. The molecule has 0 saturated carbocycles. The van der Waals surface area contributed by atoms with E-state index in [9.17, 15) is 17.6 Å². The molecule has 1 aromatic rings. The molecule has 0 radical (unpaired) electrons. The van der Waals surface area contributed by atoms with Gasteiger partial charge in [0.25, 0.3) is 0 Å². The minimum Gasteiger partial charge on any atom is -0.485 e. The molecule has 0 aliphatic rings. The zero-order chi connectivity index (χ0) is 13.8. The molecule has 0 amide bonds. The lowest BCUT2D eigenvalue weighted by atomic mass is 10.1. The highest BCUT2D eigenvalue weighted by Gasteiger charge is 2.41. The van der Waals surface area contributed by atoms with E-state index in [4.69, 9.17) is 5.73 Å². The predicted molar refractivity (Wildman–Crippen MR) is 57.9 cm³/mol. The molecule has 1 atom stereocenters. The lowest BCUT2D eigenvalue weighted by Crippen LogP contribution is -2.33. The van der Waals surface area contributed by atoms with E-state index in [1.807, 2.05) is 6.92 Å². The van der Waals surface area contributed by atoms with Crippen molar-refractivity contribution in [2.24, 2.45) is 5.73 Å². The van der Waals surface area contributed by atoms with E-state index in [0.717, 1.165) is 0 Å². The Morgan fingerprint density at radius 1 is 1.39 bits per heavy atom. The Bertz CT molecular complexity index is 370. The molecule has 1 heterocycles. The van der Waals surface area contributed by atoms with Gasteiger partial charge < -0.3 is 10.5 Å². The molecule has 7 heteroatoms. The van der Waals surface area contributed by atoms with Crippen LogP contribution >= 0.6 is 0 Å². The van der Waals surface area contributed by atoms with E-state index in [-0.39, 0.29) is 11.8 Å². The first-order valence-corrected chi connectivity index (χ1v) is 5.37. The van der Waals surface area contributed by atoms with Gasteiger partial charge in [-0.3, -0.25) is 4.98 Å². The van der Waals surface area contributed by atoms with Crippen molar-refractivity contribution in [2.75, 3.05) is 6.61 Å². The summed E-state index contributed by atoms with van der Waals surface area (Å²) in [5.41, 5.74) is 6.29. The molecule has 3 nitrogen and oxygen atoms in total. The van der Waals surface area contributed by atoms with Crippen LogP contribution in [0.5, 0.6) is 5.75 Å². The lowest BCUT2D eigenvalue weighted by molar-refractivity contribution is -0.148. The Morgan fingerprint density at radius 3 is 2.50 bits per heavy atom. The maximum atomic E-state index is 12.6. The second-order valence-corrected chi connectivity index (χ2v) is 3.78. The molecule has 0 saturated heterocycles. The number of halogens is 4. The molecular weight excluding hydrogens is 252 g/mol. The van der Waals surface area contributed by atoms with Crippen molar-refractivity contribution >= 4 is 0 Å². The van der Waals surface area contributed by atoms with Gasteiger partial charge in [-0.15, -0.1) is 0 Å². The SMILES string of the molecule is CC[C@@H](N)c1ccc(OCC(F)(F)C(F)F)cn1. The van der Waals surface area contributed by atoms with Crippen molar-refractivity contribution in [3.63, 3.8) is 0 Å². The van der Waals surface area contributed by atoms with Crippen molar-refractivity contribution in [2.45, 2.75) is 31.7 Å². The third-order valence-corrected chi connectivity index (χ3v) is 2.33. The molecular formula is C11H14F4N2O.